The van der Waals surface area contributed by atoms with Gasteiger partial charge < -0.3 is 10.2 Å². The molecule has 3 rings (SSSR count). The molecule has 1 N–H and O–H groups in total. The van der Waals surface area contributed by atoms with Crippen molar-refractivity contribution in [2.75, 3.05) is 16.8 Å². The summed E-state index contributed by atoms with van der Waals surface area (Å²) in [4.78, 5) is 26.4. The lowest BCUT2D eigenvalue weighted by molar-refractivity contribution is -0.122. The molecule has 25 heavy (non-hydrogen) atoms. The first kappa shape index (κ1) is 17.6. The number of carbonyl (C=O) groups excluding carboxylic acids is 2. The van der Waals surface area contributed by atoms with Crippen LogP contribution in [0.2, 0.25) is 0 Å². The van der Waals surface area contributed by atoms with Gasteiger partial charge in [-0.3, -0.25) is 9.59 Å². The summed E-state index contributed by atoms with van der Waals surface area (Å²) in [6, 6.07) is 10.2. The van der Waals surface area contributed by atoms with E-state index >= 15 is 0 Å². The molecule has 2 amide bonds. The molecule has 130 valence electrons. The van der Waals surface area contributed by atoms with E-state index in [1.165, 1.54) is 12.1 Å². The Morgan fingerprint density at radius 2 is 1.96 bits per heavy atom. The van der Waals surface area contributed by atoms with Crippen molar-refractivity contribution in [2.45, 2.75) is 20.3 Å². The molecule has 2 aromatic rings. The summed E-state index contributed by atoms with van der Waals surface area (Å²) in [6.07, 6.45) is 0.122. The molecular weight excluding hydrogens is 387 g/mol. The standard InChI is InChI=1S/C19H18BrFN2O2/c1-11-3-5-15(7-12(11)2)23-10-13(8-18(23)24)19(25)22-17-6-4-14(20)9-16(17)21/h3-7,9,13H,8,10H2,1-2H3,(H,22,25). The number of nitrogens with zero attached hydrogens (tertiary/aromatic N) is 1. The third kappa shape index (κ3) is 3.74. The number of hydrogen-bond donors (Lipinski definition) is 1. The highest BCUT2D eigenvalue weighted by Crippen LogP contribution is 2.28. The number of rotatable bonds is 3. The zero-order chi connectivity index (χ0) is 18.1. The molecule has 1 aliphatic heterocycles. The van der Waals surface area contributed by atoms with Crippen LogP contribution in [0.5, 0.6) is 0 Å². The Morgan fingerprint density at radius 1 is 1.20 bits per heavy atom. The number of anilines is 2. The van der Waals surface area contributed by atoms with Crippen LogP contribution in [0.3, 0.4) is 0 Å². The van der Waals surface area contributed by atoms with Gasteiger partial charge >= 0.3 is 0 Å². The molecule has 1 atom stereocenters. The fourth-order valence-corrected chi connectivity index (χ4v) is 3.19. The van der Waals surface area contributed by atoms with Gasteiger partial charge in [-0.15, -0.1) is 0 Å². The van der Waals surface area contributed by atoms with Crippen LogP contribution in [-0.4, -0.2) is 18.4 Å². The van der Waals surface area contributed by atoms with Crippen molar-refractivity contribution in [3.8, 4) is 0 Å². The second-order valence-corrected chi connectivity index (χ2v) is 7.20. The number of aryl methyl sites for hydroxylation is 2. The minimum atomic E-state index is -0.516. The number of hydrogen-bond acceptors (Lipinski definition) is 2. The van der Waals surface area contributed by atoms with Crippen molar-refractivity contribution in [1.29, 1.82) is 0 Å². The SMILES string of the molecule is Cc1ccc(N2CC(C(=O)Nc3ccc(Br)cc3F)CC2=O)cc1C. The van der Waals surface area contributed by atoms with Crippen molar-refractivity contribution in [2.24, 2.45) is 5.92 Å². The molecular formula is C19H18BrFN2O2. The van der Waals surface area contributed by atoms with Crippen molar-refractivity contribution >= 4 is 39.1 Å². The maximum atomic E-state index is 13.9. The fraction of sp³-hybridized carbons (Fsp3) is 0.263. The third-order valence-corrected chi connectivity index (χ3v) is 4.98. The van der Waals surface area contributed by atoms with E-state index in [1.807, 2.05) is 32.0 Å². The van der Waals surface area contributed by atoms with Gasteiger partial charge in [0.2, 0.25) is 11.8 Å². The summed E-state index contributed by atoms with van der Waals surface area (Å²) < 4.78 is 14.5. The Hall–Kier alpha value is -2.21. The fourth-order valence-electron chi connectivity index (χ4n) is 2.85. The molecule has 2 aromatic carbocycles. The molecule has 1 unspecified atom stereocenters. The van der Waals surface area contributed by atoms with Crippen LogP contribution in [0.25, 0.3) is 0 Å². The zero-order valence-corrected chi connectivity index (χ0v) is 15.6. The number of nitrogens with one attached hydrogen (secondary N) is 1. The van der Waals surface area contributed by atoms with Crippen LogP contribution in [0.1, 0.15) is 17.5 Å². The van der Waals surface area contributed by atoms with Gasteiger partial charge in [-0.05, 0) is 55.3 Å². The quantitative estimate of drug-likeness (QED) is 0.833. The summed E-state index contributed by atoms with van der Waals surface area (Å²) in [5.41, 5.74) is 3.15. The largest absolute Gasteiger partial charge is 0.323 e. The minimum Gasteiger partial charge on any atom is -0.323 e. The van der Waals surface area contributed by atoms with Gasteiger partial charge in [0.25, 0.3) is 0 Å². The second-order valence-electron chi connectivity index (χ2n) is 6.29. The van der Waals surface area contributed by atoms with Crippen molar-refractivity contribution in [3.05, 3.63) is 57.8 Å². The molecule has 0 radical (unpaired) electrons. The van der Waals surface area contributed by atoms with Crippen molar-refractivity contribution in [1.82, 2.24) is 0 Å². The van der Waals surface area contributed by atoms with Gasteiger partial charge in [0, 0.05) is 23.1 Å². The van der Waals surface area contributed by atoms with Crippen LogP contribution < -0.4 is 10.2 Å². The van der Waals surface area contributed by atoms with Crippen LogP contribution in [0, 0.1) is 25.6 Å². The summed E-state index contributed by atoms with van der Waals surface area (Å²) in [6.45, 7) is 4.29. The first-order chi connectivity index (χ1) is 11.8. The molecule has 0 aliphatic carbocycles. The lowest BCUT2D eigenvalue weighted by Gasteiger charge is -2.18. The second kappa shape index (κ2) is 6.96. The maximum Gasteiger partial charge on any atom is 0.229 e. The molecule has 0 spiro atoms. The molecule has 0 aromatic heterocycles. The molecule has 1 saturated heterocycles. The predicted octanol–water partition coefficient (Wildman–Crippen LogP) is 4.20. The van der Waals surface area contributed by atoms with Crippen molar-refractivity contribution in [3.63, 3.8) is 0 Å². The third-order valence-electron chi connectivity index (χ3n) is 4.49. The predicted molar refractivity (Wildman–Crippen MR) is 99.1 cm³/mol. The summed E-state index contributed by atoms with van der Waals surface area (Å²) in [5.74, 6) is -1.46. The van der Waals surface area contributed by atoms with Crippen LogP contribution in [0.4, 0.5) is 15.8 Å². The molecule has 6 heteroatoms. The van der Waals surface area contributed by atoms with E-state index in [0.717, 1.165) is 16.8 Å². The molecule has 1 heterocycles. The number of carbonyl (C=O) groups is 2. The van der Waals surface area contributed by atoms with Gasteiger partial charge in [0.05, 0.1) is 11.6 Å². The van der Waals surface area contributed by atoms with E-state index in [9.17, 15) is 14.0 Å². The van der Waals surface area contributed by atoms with Gasteiger partial charge in [-0.1, -0.05) is 22.0 Å². The lowest BCUT2D eigenvalue weighted by Crippen LogP contribution is -2.28. The van der Waals surface area contributed by atoms with Gasteiger partial charge in [0.1, 0.15) is 5.82 Å². The molecule has 4 nitrogen and oxygen atoms in total. The molecule has 1 aliphatic rings. The summed E-state index contributed by atoms with van der Waals surface area (Å²) >= 11 is 3.18. The van der Waals surface area contributed by atoms with E-state index in [4.69, 9.17) is 0 Å². The summed E-state index contributed by atoms with van der Waals surface area (Å²) in [7, 11) is 0. The average Bonchev–Trinajstić information content (AvgIpc) is 2.95. The molecule has 0 saturated carbocycles. The summed E-state index contributed by atoms with van der Waals surface area (Å²) in [5, 5.41) is 2.58. The Balaban J connectivity index is 1.73. The van der Waals surface area contributed by atoms with Gasteiger partial charge in [-0.2, -0.15) is 0 Å². The van der Waals surface area contributed by atoms with E-state index in [2.05, 4.69) is 21.2 Å². The van der Waals surface area contributed by atoms with Crippen LogP contribution >= 0.6 is 15.9 Å². The Morgan fingerprint density at radius 3 is 2.64 bits per heavy atom. The number of halogens is 2. The Kier molecular flexibility index (Phi) is 4.90. The van der Waals surface area contributed by atoms with E-state index < -0.39 is 11.7 Å². The van der Waals surface area contributed by atoms with Gasteiger partial charge in [-0.25, -0.2) is 4.39 Å². The van der Waals surface area contributed by atoms with E-state index in [1.54, 1.807) is 11.0 Å². The number of amides is 2. The monoisotopic (exact) mass is 404 g/mol. The Labute approximate surface area is 154 Å². The van der Waals surface area contributed by atoms with E-state index in [0.29, 0.717) is 11.0 Å². The van der Waals surface area contributed by atoms with Crippen molar-refractivity contribution < 1.29 is 14.0 Å². The topological polar surface area (TPSA) is 49.4 Å². The van der Waals surface area contributed by atoms with Gasteiger partial charge in [0.15, 0.2) is 0 Å². The molecule has 0 bridgehead atoms. The molecule has 1 fully saturated rings. The smallest absolute Gasteiger partial charge is 0.229 e. The average molecular weight is 405 g/mol. The highest BCUT2D eigenvalue weighted by atomic mass is 79.9. The van der Waals surface area contributed by atoms with Crippen LogP contribution in [0.15, 0.2) is 40.9 Å². The normalized spacial score (nSPS) is 17.0. The lowest BCUT2D eigenvalue weighted by atomic mass is 10.1. The first-order valence-electron chi connectivity index (χ1n) is 7.98. The highest BCUT2D eigenvalue weighted by molar-refractivity contribution is 9.10. The highest BCUT2D eigenvalue weighted by Gasteiger charge is 2.35. The number of benzene rings is 2. The maximum absolute atomic E-state index is 13.9. The van der Waals surface area contributed by atoms with Crippen LogP contribution in [-0.2, 0) is 9.59 Å². The minimum absolute atomic E-state index is 0.0975. The first-order valence-corrected chi connectivity index (χ1v) is 8.78. The van der Waals surface area contributed by atoms with E-state index in [-0.39, 0.29) is 23.9 Å². The Bertz CT molecular complexity index is 853. The zero-order valence-electron chi connectivity index (χ0n) is 14.0.